The minimum absolute atomic E-state index is 0.0620. The van der Waals surface area contributed by atoms with E-state index < -0.39 is 10.0 Å². The van der Waals surface area contributed by atoms with Crippen LogP contribution in [0.3, 0.4) is 0 Å². The summed E-state index contributed by atoms with van der Waals surface area (Å²) in [6.45, 7) is 1.42. The third kappa shape index (κ3) is 2.25. The van der Waals surface area contributed by atoms with E-state index in [1.807, 2.05) is 4.90 Å². The predicted molar refractivity (Wildman–Crippen MR) is 76.7 cm³/mol. The first kappa shape index (κ1) is 13.7. The number of sulfonamides is 1. The fourth-order valence-corrected chi connectivity index (χ4v) is 4.24. The van der Waals surface area contributed by atoms with E-state index in [1.54, 1.807) is 12.1 Å². The maximum absolute atomic E-state index is 11.7. The molecule has 0 radical (unpaired) electrons. The lowest BCUT2D eigenvalue weighted by Crippen LogP contribution is -2.27. The summed E-state index contributed by atoms with van der Waals surface area (Å²) in [7, 11) is -3.81. The quantitative estimate of drug-likeness (QED) is 0.672. The van der Waals surface area contributed by atoms with E-state index in [1.165, 1.54) is 6.07 Å². The Morgan fingerprint density at radius 1 is 1.25 bits per heavy atom. The highest BCUT2D eigenvalue weighted by molar-refractivity contribution is 7.89. The zero-order valence-corrected chi connectivity index (χ0v) is 11.9. The van der Waals surface area contributed by atoms with Crippen LogP contribution >= 0.6 is 0 Å². The van der Waals surface area contributed by atoms with Crippen molar-refractivity contribution in [3.05, 3.63) is 18.2 Å². The van der Waals surface area contributed by atoms with Gasteiger partial charge in [-0.15, -0.1) is 0 Å². The first-order valence-electron chi connectivity index (χ1n) is 6.71. The molecular weight excluding hydrogens is 278 g/mol. The van der Waals surface area contributed by atoms with E-state index in [2.05, 4.69) is 0 Å². The zero-order chi connectivity index (χ0) is 14.5. The molecule has 3 rings (SSSR count). The lowest BCUT2D eigenvalue weighted by atomic mass is 10.00. The first-order valence-corrected chi connectivity index (χ1v) is 8.26. The van der Waals surface area contributed by atoms with Crippen molar-refractivity contribution in [2.75, 3.05) is 23.7 Å². The smallest absolute Gasteiger partial charge is 0.240 e. The number of hydrogen-bond donors (Lipinski definition) is 3. The van der Waals surface area contributed by atoms with Gasteiger partial charge >= 0.3 is 0 Å². The molecule has 1 saturated heterocycles. The van der Waals surface area contributed by atoms with Crippen LogP contribution < -0.4 is 15.8 Å². The Kier molecular flexibility index (Phi) is 3.15. The van der Waals surface area contributed by atoms with Gasteiger partial charge in [-0.05, 0) is 37.0 Å². The van der Waals surface area contributed by atoms with Crippen LogP contribution in [0, 0.1) is 11.8 Å². The largest absolute Gasteiger partial charge is 0.399 e. The van der Waals surface area contributed by atoms with Crippen LogP contribution in [0.4, 0.5) is 11.4 Å². The molecule has 1 saturated carbocycles. The van der Waals surface area contributed by atoms with Gasteiger partial charge in [-0.3, -0.25) is 0 Å². The molecule has 6 nitrogen and oxygen atoms in total. The molecule has 0 bridgehead atoms. The van der Waals surface area contributed by atoms with Crippen LogP contribution in [-0.4, -0.2) is 32.7 Å². The second-order valence-electron chi connectivity index (χ2n) is 5.75. The Hall–Kier alpha value is -1.31. The maximum atomic E-state index is 11.7. The molecule has 1 aromatic carbocycles. The SMILES string of the molecule is Nc1ccc(N2CC3CCC(O)C3C2)c(S(N)(=O)=O)c1. The van der Waals surface area contributed by atoms with Gasteiger partial charge < -0.3 is 15.7 Å². The minimum Gasteiger partial charge on any atom is -0.399 e. The Bertz CT molecular complexity index is 632. The van der Waals surface area contributed by atoms with Gasteiger partial charge in [0.1, 0.15) is 4.90 Å². The van der Waals surface area contributed by atoms with Crippen LogP contribution in [0.1, 0.15) is 12.8 Å². The number of primary sulfonamides is 1. The zero-order valence-electron chi connectivity index (χ0n) is 11.1. The third-order valence-corrected chi connectivity index (χ3v) is 5.39. The van der Waals surface area contributed by atoms with Gasteiger partial charge in [0.2, 0.25) is 10.0 Å². The third-order valence-electron chi connectivity index (χ3n) is 4.45. The first-order chi connectivity index (χ1) is 9.36. The highest BCUT2D eigenvalue weighted by Gasteiger charge is 2.42. The highest BCUT2D eigenvalue weighted by Crippen LogP contribution is 2.41. The second-order valence-corrected chi connectivity index (χ2v) is 7.28. The van der Waals surface area contributed by atoms with Crippen LogP contribution in [0.5, 0.6) is 0 Å². The van der Waals surface area contributed by atoms with Crippen LogP contribution in [-0.2, 0) is 10.0 Å². The molecule has 0 amide bonds. The summed E-state index contributed by atoms with van der Waals surface area (Å²) >= 11 is 0. The van der Waals surface area contributed by atoms with Gasteiger partial charge in [0.05, 0.1) is 11.8 Å². The van der Waals surface area contributed by atoms with Crippen molar-refractivity contribution in [2.45, 2.75) is 23.8 Å². The van der Waals surface area contributed by atoms with Gasteiger partial charge in [-0.1, -0.05) is 0 Å². The molecule has 1 heterocycles. The molecule has 5 N–H and O–H groups in total. The summed E-state index contributed by atoms with van der Waals surface area (Å²) in [4.78, 5) is 2.06. The Morgan fingerprint density at radius 2 is 2.00 bits per heavy atom. The summed E-state index contributed by atoms with van der Waals surface area (Å²) in [5, 5.41) is 15.2. The average molecular weight is 297 g/mol. The molecular formula is C13H19N3O3S. The number of nitrogen functional groups attached to an aromatic ring is 1. The van der Waals surface area contributed by atoms with Crippen LogP contribution in [0.15, 0.2) is 23.1 Å². The topological polar surface area (TPSA) is 110 Å². The van der Waals surface area contributed by atoms with Crippen LogP contribution in [0.2, 0.25) is 0 Å². The van der Waals surface area contributed by atoms with E-state index in [-0.39, 0.29) is 16.9 Å². The number of hydrogen-bond acceptors (Lipinski definition) is 5. The van der Waals surface area contributed by atoms with Gasteiger partial charge in [0.25, 0.3) is 0 Å². The van der Waals surface area contributed by atoms with Gasteiger partial charge in [-0.2, -0.15) is 0 Å². The molecule has 3 unspecified atom stereocenters. The molecule has 2 aliphatic rings. The second kappa shape index (κ2) is 4.61. The van der Waals surface area contributed by atoms with Crippen molar-refractivity contribution >= 4 is 21.4 Å². The number of aliphatic hydroxyl groups excluding tert-OH is 1. The summed E-state index contributed by atoms with van der Waals surface area (Å²) in [6.07, 6.45) is 1.55. The Morgan fingerprint density at radius 3 is 2.65 bits per heavy atom. The average Bonchev–Trinajstić information content (AvgIpc) is 2.91. The molecule has 20 heavy (non-hydrogen) atoms. The van der Waals surface area contributed by atoms with E-state index in [0.717, 1.165) is 19.4 Å². The number of nitrogens with zero attached hydrogens (tertiary/aromatic N) is 1. The summed E-state index contributed by atoms with van der Waals surface area (Å²) in [5.41, 5.74) is 6.62. The van der Waals surface area contributed by atoms with Crippen molar-refractivity contribution in [1.29, 1.82) is 0 Å². The maximum Gasteiger partial charge on any atom is 0.240 e. The fraction of sp³-hybridized carbons (Fsp3) is 0.538. The van der Waals surface area contributed by atoms with Crippen molar-refractivity contribution in [3.63, 3.8) is 0 Å². The number of benzene rings is 1. The number of nitrogens with two attached hydrogens (primary N) is 2. The summed E-state index contributed by atoms with van der Waals surface area (Å²) < 4.78 is 23.4. The van der Waals surface area contributed by atoms with Gasteiger partial charge in [0, 0.05) is 24.7 Å². The molecule has 7 heteroatoms. The lowest BCUT2D eigenvalue weighted by Gasteiger charge is -2.23. The van der Waals surface area contributed by atoms with Gasteiger partial charge in [-0.25, -0.2) is 13.6 Å². The van der Waals surface area contributed by atoms with Crippen molar-refractivity contribution < 1.29 is 13.5 Å². The standard InChI is InChI=1S/C13H19N3O3S/c14-9-2-3-11(13(5-9)20(15,18)19)16-6-8-1-4-12(17)10(8)7-16/h2-3,5,8,10,12,17H,1,4,6-7,14H2,(H2,15,18,19). The molecule has 0 aromatic heterocycles. The van der Waals surface area contributed by atoms with E-state index in [0.29, 0.717) is 23.8 Å². The summed E-state index contributed by atoms with van der Waals surface area (Å²) in [5.74, 6) is 0.650. The van der Waals surface area contributed by atoms with E-state index in [9.17, 15) is 13.5 Å². The lowest BCUT2D eigenvalue weighted by molar-refractivity contribution is 0.133. The molecule has 0 spiro atoms. The molecule has 2 fully saturated rings. The number of rotatable bonds is 2. The number of fused-ring (bicyclic) bond motifs is 1. The van der Waals surface area contributed by atoms with E-state index in [4.69, 9.17) is 10.9 Å². The number of aliphatic hydroxyl groups is 1. The molecule has 110 valence electrons. The predicted octanol–water partition coefficient (Wildman–Crippen LogP) is 0.123. The van der Waals surface area contributed by atoms with E-state index >= 15 is 0 Å². The van der Waals surface area contributed by atoms with Gasteiger partial charge in [0.15, 0.2) is 0 Å². The highest BCUT2D eigenvalue weighted by atomic mass is 32.2. The normalized spacial score (nSPS) is 29.7. The molecule has 1 aromatic rings. The van der Waals surface area contributed by atoms with Crippen molar-refractivity contribution in [2.24, 2.45) is 17.0 Å². The summed E-state index contributed by atoms with van der Waals surface area (Å²) in [6, 6.07) is 4.77. The van der Waals surface area contributed by atoms with Crippen molar-refractivity contribution in [3.8, 4) is 0 Å². The Balaban J connectivity index is 1.96. The van der Waals surface area contributed by atoms with Crippen molar-refractivity contribution in [1.82, 2.24) is 0 Å². The number of anilines is 2. The monoisotopic (exact) mass is 297 g/mol. The van der Waals surface area contributed by atoms with Crippen LogP contribution in [0.25, 0.3) is 0 Å². The molecule has 1 aliphatic heterocycles. The molecule has 3 atom stereocenters. The Labute approximate surface area is 118 Å². The fourth-order valence-electron chi connectivity index (χ4n) is 3.45. The molecule has 1 aliphatic carbocycles. The minimum atomic E-state index is -3.81.